The fourth-order valence-electron chi connectivity index (χ4n) is 2.75. The summed E-state index contributed by atoms with van der Waals surface area (Å²) in [5.41, 5.74) is 0.728. The van der Waals surface area contributed by atoms with E-state index in [-0.39, 0.29) is 19.1 Å². The molecule has 0 spiro atoms. The number of nitrogens with zero attached hydrogens (tertiary/aromatic N) is 2. The summed E-state index contributed by atoms with van der Waals surface area (Å²) in [5.74, 6) is 1.77. The number of thiazole rings is 1. The van der Waals surface area contributed by atoms with Crippen molar-refractivity contribution in [3.63, 3.8) is 0 Å². The zero-order valence-corrected chi connectivity index (χ0v) is 16.0. The first kappa shape index (κ1) is 18.1. The number of furan rings is 1. The van der Waals surface area contributed by atoms with Crippen LogP contribution in [0.15, 0.2) is 71.3 Å². The van der Waals surface area contributed by atoms with E-state index >= 15 is 0 Å². The van der Waals surface area contributed by atoms with E-state index in [9.17, 15) is 4.79 Å². The van der Waals surface area contributed by atoms with Crippen LogP contribution in [0.2, 0.25) is 0 Å². The van der Waals surface area contributed by atoms with Gasteiger partial charge in [-0.15, -0.1) is 0 Å². The zero-order valence-electron chi connectivity index (χ0n) is 15.2. The highest BCUT2D eigenvalue weighted by atomic mass is 32.1. The Bertz CT molecular complexity index is 1060. The van der Waals surface area contributed by atoms with E-state index in [2.05, 4.69) is 4.98 Å². The molecule has 2 heterocycles. The number of carbonyl (C=O) groups is 1. The van der Waals surface area contributed by atoms with Crippen LogP contribution < -0.4 is 14.4 Å². The Morgan fingerprint density at radius 3 is 2.71 bits per heavy atom. The van der Waals surface area contributed by atoms with Gasteiger partial charge in [0.05, 0.1) is 24.6 Å². The lowest BCUT2D eigenvalue weighted by molar-refractivity contribution is -0.120. The van der Waals surface area contributed by atoms with Crippen molar-refractivity contribution in [3.8, 4) is 11.5 Å². The van der Waals surface area contributed by atoms with Crippen LogP contribution in [-0.4, -0.2) is 24.6 Å². The van der Waals surface area contributed by atoms with Crippen molar-refractivity contribution in [1.29, 1.82) is 0 Å². The molecular weight excluding hydrogens is 376 g/mol. The predicted octanol–water partition coefficient (Wildman–Crippen LogP) is 4.51. The minimum atomic E-state index is -0.210. The number of carbonyl (C=O) groups excluding carboxylic acids is 1. The van der Waals surface area contributed by atoms with E-state index < -0.39 is 0 Å². The third-order valence-corrected chi connectivity index (χ3v) is 5.17. The van der Waals surface area contributed by atoms with Crippen LogP contribution >= 0.6 is 11.3 Å². The summed E-state index contributed by atoms with van der Waals surface area (Å²) in [5, 5.41) is 0.567. The summed E-state index contributed by atoms with van der Waals surface area (Å²) in [4.78, 5) is 19.2. The minimum Gasteiger partial charge on any atom is -0.494 e. The van der Waals surface area contributed by atoms with Crippen molar-refractivity contribution in [2.45, 2.75) is 6.54 Å². The zero-order chi connectivity index (χ0) is 19.3. The van der Waals surface area contributed by atoms with E-state index in [1.807, 2.05) is 54.6 Å². The number of benzene rings is 2. The minimum absolute atomic E-state index is 0.0994. The molecule has 28 heavy (non-hydrogen) atoms. The van der Waals surface area contributed by atoms with Gasteiger partial charge in [0.2, 0.25) is 0 Å². The summed E-state index contributed by atoms with van der Waals surface area (Å²) in [6.07, 6.45) is 1.58. The number of fused-ring (bicyclic) bond motifs is 1. The molecule has 2 aromatic heterocycles. The second-order valence-electron chi connectivity index (χ2n) is 5.96. The maximum atomic E-state index is 13.0. The topological polar surface area (TPSA) is 64.8 Å². The highest BCUT2D eigenvalue weighted by Crippen LogP contribution is 2.34. The molecule has 0 radical (unpaired) electrons. The van der Waals surface area contributed by atoms with Gasteiger partial charge in [0, 0.05) is 0 Å². The smallest absolute Gasteiger partial charge is 0.267 e. The molecular formula is C21H18N2O4S. The largest absolute Gasteiger partial charge is 0.494 e. The molecule has 0 unspecified atom stereocenters. The molecule has 4 aromatic rings. The van der Waals surface area contributed by atoms with Gasteiger partial charge in [-0.05, 0) is 36.4 Å². The summed E-state index contributed by atoms with van der Waals surface area (Å²) >= 11 is 1.42. The van der Waals surface area contributed by atoms with Crippen LogP contribution in [0.1, 0.15) is 5.76 Å². The highest BCUT2D eigenvalue weighted by Gasteiger charge is 2.22. The number of hydrogen-bond acceptors (Lipinski definition) is 6. The Hall–Kier alpha value is -3.32. The summed E-state index contributed by atoms with van der Waals surface area (Å²) in [6.45, 7) is 0.171. The van der Waals surface area contributed by atoms with Crippen molar-refractivity contribution in [3.05, 3.63) is 72.7 Å². The fourth-order valence-corrected chi connectivity index (χ4v) is 3.75. The van der Waals surface area contributed by atoms with E-state index in [1.54, 1.807) is 24.3 Å². The van der Waals surface area contributed by atoms with Crippen molar-refractivity contribution >= 4 is 32.6 Å². The SMILES string of the molecule is COc1cccc2sc(N(Cc3ccco3)C(=O)COc3ccccc3)nc12. The number of ether oxygens (including phenoxy) is 2. The Labute approximate surface area is 165 Å². The molecule has 1 amide bonds. The highest BCUT2D eigenvalue weighted by molar-refractivity contribution is 7.22. The summed E-state index contributed by atoms with van der Waals surface area (Å²) in [7, 11) is 1.60. The molecule has 0 aliphatic carbocycles. The average molecular weight is 394 g/mol. The Morgan fingerprint density at radius 2 is 1.96 bits per heavy atom. The maximum absolute atomic E-state index is 13.0. The van der Waals surface area contributed by atoms with Crippen molar-refractivity contribution < 1.29 is 18.7 Å². The van der Waals surface area contributed by atoms with Gasteiger partial charge < -0.3 is 13.9 Å². The second-order valence-corrected chi connectivity index (χ2v) is 6.97. The van der Waals surface area contributed by atoms with Crippen molar-refractivity contribution in [2.24, 2.45) is 0 Å². The van der Waals surface area contributed by atoms with Gasteiger partial charge in [0.1, 0.15) is 22.8 Å². The van der Waals surface area contributed by atoms with Crippen molar-refractivity contribution in [1.82, 2.24) is 4.98 Å². The molecule has 0 bridgehead atoms. The van der Waals surface area contributed by atoms with Gasteiger partial charge in [-0.25, -0.2) is 4.98 Å². The lowest BCUT2D eigenvalue weighted by Crippen LogP contribution is -2.34. The number of rotatable bonds is 7. The third kappa shape index (κ3) is 3.84. The molecule has 0 atom stereocenters. The summed E-state index contributed by atoms with van der Waals surface area (Å²) < 4.78 is 17.4. The Morgan fingerprint density at radius 1 is 1.11 bits per heavy atom. The molecule has 0 aliphatic heterocycles. The number of hydrogen-bond donors (Lipinski definition) is 0. The normalized spacial score (nSPS) is 10.8. The maximum Gasteiger partial charge on any atom is 0.267 e. The van der Waals surface area contributed by atoms with Crippen LogP contribution in [0.25, 0.3) is 10.2 Å². The Kier molecular flexibility index (Phi) is 5.25. The van der Waals surface area contributed by atoms with Crippen LogP contribution in [0.3, 0.4) is 0 Å². The van der Waals surface area contributed by atoms with E-state index in [0.717, 1.165) is 10.2 Å². The predicted molar refractivity (Wildman–Crippen MR) is 108 cm³/mol. The molecule has 0 aliphatic rings. The molecule has 0 saturated heterocycles. The second kappa shape index (κ2) is 8.14. The first-order chi connectivity index (χ1) is 13.7. The summed E-state index contributed by atoms with van der Waals surface area (Å²) in [6, 6.07) is 18.6. The quantitative estimate of drug-likeness (QED) is 0.461. The van der Waals surface area contributed by atoms with E-state index in [0.29, 0.717) is 22.4 Å². The third-order valence-electron chi connectivity index (χ3n) is 4.12. The van der Waals surface area contributed by atoms with Gasteiger partial charge in [-0.3, -0.25) is 9.69 Å². The van der Waals surface area contributed by atoms with E-state index in [1.165, 1.54) is 11.3 Å². The van der Waals surface area contributed by atoms with Gasteiger partial charge in [-0.2, -0.15) is 0 Å². The molecule has 0 saturated carbocycles. The van der Waals surface area contributed by atoms with Crippen LogP contribution in [-0.2, 0) is 11.3 Å². The van der Waals surface area contributed by atoms with Gasteiger partial charge in [0.15, 0.2) is 11.7 Å². The lowest BCUT2D eigenvalue weighted by Gasteiger charge is -2.19. The fraction of sp³-hybridized carbons (Fsp3) is 0.143. The van der Waals surface area contributed by atoms with E-state index in [4.69, 9.17) is 13.9 Å². The Balaban J connectivity index is 1.62. The number of para-hydroxylation sites is 2. The van der Waals surface area contributed by atoms with Gasteiger partial charge in [-0.1, -0.05) is 35.6 Å². The molecule has 142 valence electrons. The first-order valence-electron chi connectivity index (χ1n) is 8.69. The van der Waals surface area contributed by atoms with Crippen LogP contribution in [0, 0.1) is 0 Å². The van der Waals surface area contributed by atoms with Crippen molar-refractivity contribution in [2.75, 3.05) is 18.6 Å². The lowest BCUT2D eigenvalue weighted by atomic mass is 10.3. The van der Waals surface area contributed by atoms with Gasteiger partial charge >= 0.3 is 0 Å². The number of anilines is 1. The standard InChI is InChI=1S/C21H18N2O4S/c1-25-17-10-5-11-18-20(17)22-21(28-18)23(13-16-9-6-12-26-16)19(24)14-27-15-7-3-2-4-8-15/h2-12H,13-14H2,1H3. The average Bonchev–Trinajstić information content (AvgIpc) is 3.40. The molecule has 6 nitrogen and oxygen atoms in total. The molecule has 0 N–H and O–H groups in total. The number of methoxy groups -OCH3 is 1. The first-order valence-corrected chi connectivity index (χ1v) is 9.50. The van der Waals surface area contributed by atoms with Gasteiger partial charge in [0.25, 0.3) is 5.91 Å². The molecule has 4 rings (SSSR count). The number of amides is 1. The molecule has 0 fully saturated rings. The van der Waals surface area contributed by atoms with Crippen LogP contribution in [0.5, 0.6) is 11.5 Å². The molecule has 7 heteroatoms. The van der Waals surface area contributed by atoms with Crippen LogP contribution in [0.4, 0.5) is 5.13 Å². The number of aromatic nitrogens is 1. The monoisotopic (exact) mass is 394 g/mol. The molecule has 2 aromatic carbocycles.